The molecule has 22 heavy (non-hydrogen) atoms. The highest BCUT2D eigenvalue weighted by Gasteiger charge is 2.13. The second-order valence-corrected chi connectivity index (χ2v) is 5.09. The minimum Gasteiger partial charge on any atom is -0.321 e. The second kappa shape index (κ2) is 5.71. The molecule has 2 aromatic carbocycles. The van der Waals surface area contributed by atoms with Crippen molar-refractivity contribution in [3.8, 4) is 28.5 Å². The van der Waals surface area contributed by atoms with Crippen LogP contribution < -0.4 is 5.56 Å². The monoisotopic (exact) mass is 286 g/mol. The molecule has 0 amide bonds. The van der Waals surface area contributed by atoms with E-state index in [1.807, 2.05) is 73.7 Å². The Balaban J connectivity index is 2.30. The van der Waals surface area contributed by atoms with Crippen LogP contribution in [0.5, 0.6) is 0 Å². The average molecular weight is 286 g/mol. The minimum atomic E-state index is -0.359. The maximum atomic E-state index is 12.3. The van der Waals surface area contributed by atoms with Crippen LogP contribution in [0, 0.1) is 18.3 Å². The van der Waals surface area contributed by atoms with E-state index >= 15 is 0 Å². The SMILES string of the molecule is Cc1ccccc1-c1cc(-c2ccccc2)[nH]c(=O)c1C#N. The molecule has 0 bridgehead atoms. The summed E-state index contributed by atoms with van der Waals surface area (Å²) < 4.78 is 0. The van der Waals surface area contributed by atoms with Gasteiger partial charge < -0.3 is 4.98 Å². The third-order valence-electron chi connectivity index (χ3n) is 3.67. The van der Waals surface area contributed by atoms with Gasteiger partial charge in [0.15, 0.2) is 0 Å². The maximum absolute atomic E-state index is 12.3. The maximum Gasteiger partial charge on any atom is 0.266 e. The number of aromatic nitrogens is 1. The van der Waals surface area contributed by atoms with Gasteiger partial charge in [0.25, 0.3) is 5.56 Å². The van der Waals surface area contributed by atoms with Gasteiger partial charge in [-0.05, 0) is 29.7 Å². The van der Waals surface area contributed by atoms with Crippen molar-refractivity contribution in [1.82, 2.24) is 4.98 Å². The molecule has 1 heterocycles. The molecule has 0 fully saturated rings. The van der Waals surface area contributed by atoms with Crippen molar-refractivity contribution >= 4 is 0 Å². The quantitative estimate of drug-likeness (QED) is 0.777. The molecule has 0 aliphatic heterocycles. The van der Waals surface area contributed by atoms with Crippen molar-refractivity contribution in [2.45, 2.75) is 6.92 Å². The Kier molecular flexibility index (Phi) is 3.59. The summed E-state index contributed by atoms with van der Waals surface area (Å²) in [5, 5.41) is 9.34. The smallest absolute Gasteiger partial charge is 0.266 e. The Morgan fingerprint density at radius 2 is 1.64 bits per heavy atom. The number of aryl methyl sites for hydroxylation is 1. The third-order valence-corrected chi connectivity index (χ3v) is 3.67. The Labute approximate surface area is 128 Å². The predicted molar refractivity (Wildman–Crippen MR) is 87.4 cm³/mol. The molecule has 3 aromatic rings. The molecular weight excluding hydrogens is 272 g/mol. The van der Waals surface area contributed by atoms with E-state index in [4.69, 9.17) is 0 Å². The topological polar surface area (TPSA) is 56.6 Å². The zero-order valence-corrected chi connectivity index (χ0v) is 12.1. The van der Waals surface area contributed by atoms with Crippen molar-refractivity contribution in [2.24, 2.45) is 0 Å². The van der Waals surface area contributed by atoms with E-state index in [0.29, 0.717) is 11.3 Å². The van der Waals surface area contributed by atoms with Gasteiger partial charge in [-0.3, -0.25) is 4.79 Å². The van der Waals surface area contributed by atoms with Crippen LogP contribution in [0.1, 0.15) is 11.1 Å². The molecule has 0 radical (unpaired) electrons. The first-order valence-corrected chi connectivity index (χ1v) is 6.99. The molecule has 0 saturated carbocycles. The van der Waals surface area contributed by atoms with Gasteiger partial charge >= 0.3 is 0 Å². The van der Waals surface area contributed by atoms with Crippen LogP contribution in [0.3, 0.4) is 0 Å². The molecule has 0 atom stereocenters. The van der Waals surface area contributed by atoms with Crippen molar-refractivity contribution in [3.05, 3.63) is 82.1 Å². The summed E-state index contributed by atoms with van der Waals surface area (Å²) in [4.78, 5) is 15.1. The largest absolute Gasteiger partial charge is 0.321 e. The molecule has 106 valence electrons. The van der Waals surface area contributed by atoms with Crippen molar-refractivity contribution in [2.75, 3.05) is 0 Å². The lowest BCUT2D eigenvalue weighted by atomic mass is 9.96. The fraction of sp³-hybridized carbons (Fsp3) is 0.0526. The van der Waals surface area contributed by atoms with Gasteiger partial charge in [-0.25, -0.2) is 0 Å². The summed E-state index contributed by atoms with van der Waals surface area (Å²) >= 11 is 0. The molecule has 0 aliphatic carbocycles. The van der Waals surface area contributed by atoms with Crippen LogP contribution in [0.2, 0.25) is 0 Å². The van der Waals surface area contributed by atoms with Crippen molar-refractivity contribution < 1.29 is 0 Å². The number of nitriles is 1. The van der Waals surface area contributed by atoms with E-state index in [2.05, 4.69) is 4.98 Å². The van der Waals surface area contributed by atoms with Gasteiger partial charge in [-0.15, -0.1) is 0 Å². The summed E-state index contributed by atoms with van der Waals surface area (Å²) in [6.07, 6.45) is 0. The molecule has 0 aliphatic rings. The molecular formula is C19H14N2O. The number of hydrogen-bond acceptors (Lipinski definition) is 2. The van der Waals surface area contributed by atoms with Gasteiger partial charge in [0.05, 0.1) is 0 Å². The lowest BCUT2D eigenvalue weighted by Gasteiger charge is -2.10. The number of pyridine rings is 1. The number of H-pyrrole nitrogens is 1. The summed E-state index contributed by atoms with van der Waals surface area (Å²) in [7, 11) is 0. The Hall–Kier alpha value is -3.12. The average Bonchev–Trinajstić information content (AvgIpc) is 2.55. The molecule has 1 aromatic heterocycles. The van der Waals surface area contributed by atoms with Gasteiger partial charge in [-0.2, -0.15) is 5.26 Å². The second-order valence-electron chi connectivity index (χ2n) is 5.09. The number of aromatic amines is 1. The Bertz CT molecular complexity index is 918. The molecule has 0 saturated heterocycles. The molecule has 0 unspecified atom stereocenters. The third kappa shape index (κ3) is 2.43. The van der Waals surface area contributed by atoms with Gasteiger partial charge in [0.1, 0.15) is 11.6 Å². The number of rotatable bonds is 2. The first kappa shape index (κ1) is 13.8. The van der Waals surface area contributed by atoms with E-state index in [0.717, 1.165) is 16.7 Å². The van der Waals surface area contributed by atoms with E-state index < -0.39 is 0 Å². The summed E-state index contributed by atoms with van der Waals surface area (Å²) in [5.74, 6) is 0. The van der Waals surface area contributed by atoms with E-state index in [9.17, 15) is 10.1 Å². The van der Waals surface area contributed by atoms with Crippen LogP contribution in [0.15, 0.2) is 65.5 Å². The first-order valence-electron chi connectivity index (χ1n) is 6.99. The molecule has 0 spiro atoms. The van der Waals surface area contributed by atoms with Crippen molar-refractivity contribution in [1.29, 1.82) is 5.26 Å². The minimum absolute atomic E-state index is 0.147. The number of hydrogen-bond donors (Lipinski definition) is 1. The zero-order valence-electron chi connectivity index (χ0n) is 12.1. The fourth-order valence-corrected chi connectivity index (χ4v) is 2.53. The van der Waals surface area contributed by atoms with Crippen LogP contribution in [-0.2, 0) is 0 Å². The lowest BCUT2D eigenvalue weighted by molar-refractivity contribution is 1.22. The van der Waals surface area contributed by atoms with E-state index in [1.54, 1.807) is 0 Å². The standard InChI is InChI=1S/C19H14N2O/c1-13-7-5-6-10-15(13)16-11-18(14-8-3-2-4-9-14)21-19(22)17(16)12-20/h2-11H,1H3,(H,21,22). The summed E-state index contributed by atoms with van der Waals surface area (Å²) in [5.41, 5.74) is 4.02. The van der Waals surface area contributed by atoms with E-state index in [1.165, 1.54) is 0 Å². The van der Waals surface area contributed by atoms with Gasteiger partial charge in [0, 0.05) is 11.3 Å². The highest BCUT2D eigenvalue weighted by molar-refractivity contribution is 5.77. The fourth-order valence-electron chi connectivity index (χ4n) is 2.53. The molecule has 3 rings (SSSR count). The molecule has 1 N–H and O–H groups in total. The van der Waals surface area contributed by atoms with Crippen molar-refractivity contribution in [3.63, 3.8) is 0 Å². The normalized spacial score (nSPS) is 10.2. The summed E-state index contributed by atoms with van der Waals surface area (Å²) in [6.45, 7) is 1.97. The van der Waals surface area contributed by atoms with Gasteiger partial charge in [-0.1, -0.05) is 54.6 Å². The highest BCUT2D eigenvalue weighted by atomic mass is 16.1. The predicted octanol–water partition coefficient (Wildman–Crippen LogP) is 3.89. The van der Waals surface area contributed by atoms with Crippen LogP contribution in [-0.4, -0.2) is 4.98 Å². The van der Waals surface area contributed by atoms with Gasteiger partial charge in [0.2, 0.25) is 0 Å². The number of nitrogens with one attached hydrogen (secondary N) is 1. The van der Waals surface area contributed by atoms with E-state index in [-0.39, 0.29) is 11.1 Å². The molecule has 3 heteroatoms. The number of nitrogens with zero attached hydrogens (tertiary/aromatic N) is 1. The zero-order chi connectivity index (χ0) is 15.5. The highest BCUT2D eigenvalue weighted by Crippen LogP contribution is 2.28. The van der Waals surface area contributed by atoms with Crippen LogP contribution >= 0.6 is 0 Å². The Morgan fingerprint density at radius 1 is 0.955 bits per heavy atom. The lowest BCUT2D eigenvalue weighted by Crippen LogP contribution is -2.12. The summed E-state index contributed by atoms with van der Waals surface area (Å²) in [6, 6.07) is 21.3. The Morgan fingerprint density at radius 3 is 2.32 bits per heavy atom. The van der Waals surface area contributed by atoms with Crippen LogP contribution in [0.25, 0.3) is 22.4 Å². The number of benzene rings is 2. The molecule has 3 nitrogen and oxygen atoms in total. The van der Waals surface area contributed by atoms with Crippen LogP contribution in [0.4, 0.5) is 0 Å². The first-order chi connectivity index (χ1) is 10.7.